The Kier molecular flexibility index (Phi) is 3.87. The van der Waals surface area contributed by atoms with Gasteiger partial charge in [0.1, 0.15) is 0 Å². The smallest absolute Gasteiger partial charge is 0.0700 e. The van der Waals surface area contributed by atoms with Crippen LogP contribution in [0, 0.1) is 0 Å². The van der Waals surface area contributed by atoms with E-state index in [2.05, 4.69) is 19.2 Å². The van der Waals surface area contributed by atoms with Crippen LogP contribution in [0.1, 0.15) is 33.1 Å². The summed E-state index contributed by atoms with van der Waals surface area (Å²) in [4.78, 5) is 0. The number of ether oxygens (including phenoxy) is 1. The summed E-state index contributed by atoms with van der Waals surface area (Å²) in [5.74, 6) is 0. The van der Waals surface area contributed by atoms with E-state index in [-0.39, 0.29) is 0 Å². The third-order valence-corrected chi connectivity index (χ3v) is 2.33. The molecule has 0 amide bonds. The molecule has 1 aliphatic heterocycles. The van der Waals surface area contributed by atoms with E-state index >= 15 is 0 Å². The van der Waals surface area contributed by atoms with E-state index in [1.54, 1.807) is 0 Å². The van der Waals surface area contributed by atoms with Crippen LogP contribution in [0.3, 0.4) is 0 Å². The molecule has 1 rings (SSSR count). The fraction of sp³-hybridized carbons (Fsp3) is 1.00. The van der Waals surface area contributed by atoms with Gasteiger partial charge in [0, 0.05) is 19.2 Å². The number of hydrogen-bond acceptors (Lipinski definition) is 2. The fourth-order valence-electron chi connectivity index (χ4n) is 1.28. The van der Waals surface area contributed by atoms with Crippen molar-refractivity contribution >= 4 is 0 Å². The zero-order valence-electron chi connectivity index (χ0n) is 7.60. The van der Waals surface area contributed by atoms with Crippen molar-refractivity contribution in [2.24, 2.45) is 0 Å². The summed E-state index contributed by atoms with van der Waals surface area (Å²) in [6, 6.07) is 0.638. The molecule has 0 aliphatic carbocycles. The van der Waals surface area contributed by atoms with E-state index in [1.165, 1.54) is 19.3 Å². The molecular formula is C9H19NO. The predicted molar refractivity (Wildman–Crippen MR) is 46.7 cm³/mol. The first kappa shape index (κ1) is 9.01. The van der Waals surface area contributed by atoms with Crippen molar-refractivity contribution < 1.29 is 4.74 Å². The maximum absolute atomic E-state index is 5.49. The Morgan fingerprint density at radius 2 is 2.45 bits per heavy atom. The van der Waals surface area contributed by atoms with Gasteiger partial charge < -0.3 is 10.1 Å². The second-order valence-electron chi connectivity index (χ2n) is 3.35. The van der Waals surface area contributed by atoms with Crippen LogP contribution in [0.4, 0.5) is 0 Å². The fourth-order valence-corrected chi connectivity index (χ4v) is 1.28. The second-order valence-corrected chi connectivity index (χ2v) is 3.35. The molecule has 1 fully saturated rings. The Hall–Kier alpha value is -0.0800. The van der Waals surface area contributed by atoms with Crippen molar-refractivity contribution in [3.05, 3.63) is 0 Å². The molecule has 0 spiro atoms. The molecule has 2 nitrogen and oxygen atoms in total. The van der Waals surface area contributed by atoms with Crippen molar-refractivity contribution in [2.75, 3.05) is 13.2 Å². The first-order valence-electron chi connectivity index (χ1n) is 4.68. The predicted octanol–water partition coefficient (Wildman–Crippen LogP) is 1.55. The summed E-state index contributed by atoms with van der Waals surface area (Å²) >= 11 is 0. The highest BCUT2D eigenvalue weighted by molar-refractivity contribution is 4.69. The molecule has 1 aliphatic rings. The quantitative estimate of drug-likeness (QED) is 0.668. The van der Waals surface area contributed by atoms with Gasteiger partial charge in [0.05, 0.1) is 6.10 Å². The molecule has 66 valence electrons. The SMILES string of the molecule is CC[C@H](C)NC[C@@H]1CCCO1. The molecule has 0 bridgehead atoms. The largest absolute Gasteiger partial charge is 0.377 e. The van der Waals surface area contributed by atoms with Crippen LogP contribution in [0.5, 0.6) is 0 Å². The summed E-state index contributed by atoms with van der Waals surface area (Å²) in [5, 5.41) is 3.45. The monoisotopic (exact) mass is 157 g/mol. The van der Waals surface area contributed by atoms with Crippen molar-refractivity contribution in [3.8, 4) is 0 Å². The van der Waals surface area contributed by atoms with Crippen LogP contribution in [0.25, 0.3) is 0 Å². The number of hydrogen-bond donors (Lipinski definition) is 1. The molecule has 2 heteroatoms. The molecule has 1 N–H and O–H groups in total. The maximum Gasteiger partial charge on any atom is 0.0700 e. The highest BCUT2D eigenvalue weighted by Crippen LogP contribution is 2.10. The molecule has 1 saturated heterocycles. The Morgan fingerprint density at radius 3 is 3.00 bits per heavy atom. The van der Waals surface area contributed by atoms with Crippen LogP contribution >= 0.6 is 0 Å². The van der Waals surface area contributed by atoms with Gasteiger partial charge in [-0.1, -0.05) is 6.92 Å². The normalized spacial score (nSPS) is 27.3. The first-order chi connectivity index (χ1) is 5.33. The Morgan fingerprint density at radius 1 is 1.64 bits per heavy atom. The molecule has 0 saturated carbocycles. The number of nitrogens with one attached hydrogen (secondary N) is 1. The topological polar surface area (TPSA) is 21.3 Å². The Labute approximate surface area is 69.3 Å². The summed E-state index contributed by atoms with van der Waals surface area (Å²) in [5.41, 5.74) is 0. The van der Waals surface area contributed by atoms with Crippen molar-refractivity contribution in [1.82, 2.24) is 5.32 Å². The van der Waals surface area contributed by atoms with Crippen LogP contribution < -0.4 is 5.32 Å². The van der Waals surface area contributed by atoms with Gasteiger partial charge in [-0.05, 0) is 26.2 Å². The zero-order chi connectivity index (χ0) is 8.10. The van der Waals surface area contributed by atoms with Crippen LogP contribution in [0.2, 0.25) is 0 Å². The Bertz CT molecular complexity index is 99.7. The summed E-state index contributed by atoms with van der Waals surface area (Å²) in [6.07, 6.45) is 4.17. The van der Waals surface area contributed by atoms with Crippen LogP contribution in [-0.4, -0.2) is 25.3 Å². The van der Waals surface area contributed by atoms with Gasteiger partial charge in [-0.3, -0.25) is 0 Å². The first-order valence-corrected chi connectivity index (χ1v) is 4.68. The molecular weight excluding hydrogens is 138 g/mol. The average Bonchev–Trinajstić information content (AvgIpc) is 2.52. The molecule has 0 aromatic rings. The zero-order valence-corrected chi connectivity index (χ0v) is 7.60. The standard InChI is InChI=1S/C9H19NO/c1-3-8(2)10-7-9-5-4-6-11-9/h8-10H,3-7H2,1-2H3/t8-,9-/m0/s1. The van der Waals surface area contributed by atoms with E-state index in [9.17, 15) is 0 Å². The van der Waals surface area contributed by atoms with E-state index < -0.39 is 0 Å². The molecule has 1 heterocycles. The highest BCUT2D eigenvalue weighted by atomic mass is 16.5. The minimum absolute atomic E-state index is 0.490. The van der Waals surface area contributed by atoms with Crippen molar-refractivity contribution in [1.29, 1.82) is 0 Å². The third-order valence-electron chi connectivity index (χ3n) is 2.33. The molecule has 2 atom stereocenters. The van der Waals surface area contributed by atoms with E-state index in [1.807, 2.05) is 0 Å². The van der Waals surface area contributed by atoms with Crippen molar-refractivity contribution in [3.63, 3.8) is 0 Å². The third kappa shape index (κ3) is 3.21. The van der Waals surface area contributed by atoms with Gasteiger partial charge >= 0.3 is 0 Å². The average molecular weight is 157 g/mol. The minimum Gasteiger partial charge on any atom is -0.377 e. The van der Waals surface area contributed by atoms with Gasteiger partial charge in [0.25, 0.3) is 0 Å². The molecule has 11 heavy (non-hydrogen) atoms. The van der Waals surface area contributed by atoms with E-state index in [4.69, 9.17) is 4.74 Å². The summed E-state index contributed by atoms with van der Waals surface area (Å²) in [7, 11) is 0. The van der Waals surface area contributed by atoms with Gasteiger partial charge in [-0.15, -0.1) is 0 Å². The Balaban J connectivity index is 2.01. The second kappa shape index (κ2) is 4.73. The number of rotatable bonds is 4. The highest BCUT2D eigenvalue weighted by Gasteiger charge is 2.15. The van der Waals surface area contributed by atoms with E-state index in [0.29, 0.717) is 12.1 Å². The van der Waals surface area contributed by atoms with Crippen molar-refractivity contribution in [2.45, 2.75) is 45.3 Å². The van der Waals surface area contributed by atoms with Gasteiger partial charge in [-0.2, -0.15) is 0 Å². The molecule has 0 aromatic heterocycles. The summed E-state index contributed by atoms with van der Waals surface area (Å²) < 4.78 is 5.49. The lowest BCUT2D eigenvalue weighted by Crippen LogP contribution is -2.32. The van der Waals surface area contributed by atoms with Gasteiger partial charge in [-0.25, -0.2) is 0 Å². The van der Waals surface area contributed by atoms with Gasteiger partial charge in [0.15, 0.2) is 0 Å². The lowest BCUT2D eigenvalue weighted by atomic mass is 10.2. The maximum atomic E-state index is 5.49. The molecule has 0 aromatic carbocycles. The van der Waals surface area contributed by atoms with Crippen LogP contribution in [-0.2, 0) is 4.74 Å². The van der Waals surface area contributed by atoms with Crippen LogP contribution in [0.15, 0.2) is 0 Å². The lowest BCUT2D eigenvalue weighted by molar-refractivity contribution is 0.108. The molecule has 0 radical (unpaired) electrons. The van der Waals surface area contributed by atoms with Gasteiger partial charge in [0.2, 0.25) is 0 Å². The summed E-state index contributed by atoms with van der Waals surface area (Å²) in [6.45, 7) is 6.42. The van der Waals surface area contributed by atoms with E-state index in [0.717, 1.165) is 13.2 Å². The minimum atomic E-state index is 0.490. The molecule has 0 unspecified atom stereocenters. The lowest BCUT2D eigenvalue weighted by Gasteiger charge is -2.14.